The molecule has 0 aromatic heterocycles. The Morgan fingerprint density at radius 2 is 1.90 bits per heavy atom. The standard InChI is InChI=1S/C17H25NO2/c1-2-3-4-5-6-7-8-15-13-16(18)11-9-14(15)10-12-17(19)20/h9-13H,2-8,18H2,1H3,(H,19,20)/b12-10+. The van der Waals surface area contributed by atoms with Gasteiger partial charge in [-0.25, -0.2) is 4.79 Å². The molecule has 0 saturated heterocycles. The first-order valence-corrected chi connectivity index (χ1v) is 7.43. The van der Waals surface area contributed by atoms with E-state index in [0.717, 1.165) is 29.7 Å². The predicted octanol–water partition coefficient (Wildman–Crippen LogP) is 4.27. The quantitative estimate of drug-likeness (QED) is 0.402. The smallest absolute Gasteiger partial charge is 0.328 e. The Morgan fingerprint density at radius 3 is 2.60 bits per heavy atom. The Bertz CT molecular complexity index is 452. The fourth-order valence-corrected chi connectivity index (χ4v) is 2.26. The first-order valence-electron chi connectivity index (χ1n) is 7.43. The minimum absolute atomic E-state index is 0.735. The molecule has 20 heavy (non-hydrogen) atoms. The van der Waals surface area contributed by atoms with Gasteiger partial charge < -0.3 is 10.8 Å². The Morgan fingerprint density at radius 1 is 1.20 bits per heavy atom. The van der Waals surface area contributed by atoms with Crippen LogP contribution in [0.1, 0.15) is 56.6 Å². The molecule has 0 radical (unpaired) electrons. The van der Waals surface area contributed by atoms with Gasteiger partial charge in [-0.15, -0.1) is 0 Å². The maximum Gasteiger partial charge on any atom is 0.328 e. The number of hydrogen-bond acceptors (Lipinski definition) is 2. The topological polar surface area (TPSA) is 63.3 Å². The Hall–Kier alpha value is -1.77. The monoisotopic (exact) mass is 275 g/mol. The average Bonchev–Trinajstić information content (AvgIpc) is 2.41. The van der Waals surface area contributed by atoms with Crippen LogP contribution in [0, 0.1) is 0 Å². The van der Waals surface area contributed by atoms with E-state index < -0.39 is 5.97 Å². The lowest BCUT2D eigenvalue weighted by Crippen LogP contribution is -1.95. The van der Waals surface area contributed by atoms with Gasteiger partial charge in [0.25, 0.3) is 0 Å². The van der Waals surface area contributed by atoms with Crippen molar-refractivity contribution >= 4 is 17.7 Å². The third-order valence-electron chi connectivity index (χ3n) is 3.37. The van der Waals surface area contributed by atoms with Gasteiger partial charge in [-0.2, -0.15) is 0 Å². The first kappa shape index (κ1) is 16.3. The van der Waals surface area contributed by atoms with Gasteiger partial charge in [-0.3, -0.25) is 0 Å². The summed E-state index contributed by atoms with van der Waals surface area (Å²) in [4.78, 5) is 10.6. The van der Waals surface area contributed by atoms with E-state index in [1.165, 1.54) is 38.2 Å². The minimum atomic E-state index is -0.924. The second-order valence-electron chi connectivity index (χ2n) is 5.15. The summed E-state index contributed by atoms with van der Waals surface area (Å²) in [5, 5.41) is 8.71. The van der Waals surface area contributed by atoms with Gasteiger partial charge in [0.15, 0.2) is 0 Å². The highest BCUT2D eigenvalue weighted by Crippen LogP contribution is 2.18. The van der Waals surface area contributed by atoms with Crippen LogP contribution < -0.4 is 5.73 Å². The molecule has 3 N–H and O–H groups in total. The van der Waals surface area contributed by atoms with Crippen LogP contribution in [0.2, 0.25) is 0 Å². The van der Waals surface area contributed by atoms with Crippen molar-refractivity contribution in [2.24, 2.45) is 0 Å². The normalized spacial score (nSPS) is 11.1. The molecule has 0 fully saturated rings. The lowest BCUT2D eigenvalue weighted by molar-refractivity contribution is -0.131. The molecule has 3 nitrogen and oxygen atoms in total. The molecule has 0 bridgehead atoms. The molecule has 0 spiro atoms. The van der Waals surface area contributed by atoms with E-state index in [-0.39, 0.29) is 0 Å². The number of nitrogens with two attached hydrogens (primary N) is 1. The molecule has 110 valence electrons. The molecule has 0 aliphatic carbocycles. The summed E-state index contributed by atoms with van der Waals surface area (Å²) in [6.07, 6.45) is 11.3. The summed E-state index contributed by atoms with van der Waals surface area (Å²) in [7, 11) is 0. The van der Waals surface area contributed by atoms with Crippen molar-refractivity contribution in [1.29, 1.82) is 0 Å². The molecule has 0 amide bonds. The van der Waals surface area contributed by atoms with Crippen LogP contribution >= 0.6 is 0 Å². The number of rotatable bonds is 9. The number of unbranched alkanes of at least 4 members (excludes halogenated alkanes) is 5. The largest absolute Gasteiger partial charge is 0.478 e. The van der Waals surface area contributed by atoms with Gasteiger partial charge in [0, 0.05) is 11.8 Å². The number of carbonyl (C=O) groups is 1. The number of carboxylic acids is 1. The summed E-state index contributed by atoms with van der Waals surface area (Å²) in [5.41, 5.74) is 8.64. The Labute approximate surface area is 121 Å². The number of nitrogen functional groups attached to an aromatic ring is 1. The number of hydrogen-bond donors (Lipinski definition) is 2. The van der Waals surface area contributed by atoms with Crippen molar-refractivity contribution in [1.82, 2.24) is 0 Å². The van der Waals surface area contributed by atoms with E-state index in [2.05, 4.69) is 6.92 Å². The highest BCUT2D eigenvalue weighted by Gasteiger charge is 2.02. The minimum Gasteiger partial charge on any atom is -0.478 e. The number of benzene rings is 1. The Kier molecular flexibility index (Phi) is 7.48. The number of aryl methyl sites for hydroxylation is 1. The fourth-order valence-electron chi connectivity index (χ4n) is 2.26. The van der Waals surface area contributed by atoms with Gasteiger partial charge in [0.05, 0.1) is 0 Å². The first-order chi connectivity index (χ1) is 9.63. The van der Waals surface area contributed by atoms with Crippen molar-refractivity contribution in [2.75, 3.05) is 5.73 Å². The van der Waals surface area contributed by atoms with Crippen molar-refractivity contribution in [2.45, 2.75) is 51.9 Å². The van der Waals surface area contributed by atoms with Crippen LogP contribution in [0.3, 0.4) is 0 Å². The molecule has 1 aromatic rings. The average molecular weight is 275 g/mol. The van der Waals surface area contributed by atoms with Crippen LogP contribution in [-0.4, -0.2) is 11.1 Å². The maximum absolute atomic E-state index is 10.6. The molecule has 3 heteroatoms. The molecule has 0 unspecified atom stereocenters. The summed E-state index contributed by atoms with van der Waals surface area (Å²) in [6.45, 7) is 2.22. The molecule has 1 aromatic carbocycles. The summed E-state index contributed by atoms with van der Waals surface area (Å²) >= 11 is 0. The van der Waals surface area contributed by atoms with E-state index >= 15 is 0 Å². The van der Waals surface area contributed by atoms with E-state index in [9.17, 15) is 4.79 Å². The molecule has 0 atom stereocenters. The van der Waals surface area contributed by atoms with Gasteiger partial charge in [0.2, 0.25) is 0 Å². The second-order valence-corrected chi connectivity index (χ2v) is 5.15. The highest BCUT2D eigenvalue weighted by atomic mass is 16.4. The third-order valence-corrected chi connectivity index (χ3v) is 3.37. The van der Waals surface area contributed by atoms with Crippen LogP contribution in [-0.2, 0) is 11.2 Å². The predicted molar refractivity (Wildman–Crippen MR) is 84.6 cm³/mol. The number of aliphatic carboxylic acids is 1. The molecule has 0 heterocycles. The maximum atomic E-state index is 10.6. The molecular formula is C17H25NO2. The van der Waals surface area contributed by atoms with Crippen molar-refractivity contribution in [3.8, 4) is 0 Å². The lowest BCUT2D eigenvalue weighted by atomic mass is 9.99. The number of carboxylic acid groups (broad SMARTS) is 1. The SMILES string of the molecule is CCCCCCCCc1cc(N)ccc1/C=C/C(=O)O. The summed E-state index contributed by atoms with van der Waals surface area (Å²) in [6, 6.07) is 5.65. The van der Waals surface area contributed by atoms with E-state index in [0.29, 0.717) is 0 Å². The van der Waals surface area contributed by atoms with E-state index in [1.54, 1.807) is 6.08 Å². The van der Waals surface area contributed by atoms with Gasteiger partial charge in [-0.05, 0) is 42.2 Å². The lowest BCUT2D eigenvalue weighted by Gasteiger charge is -2.07. The fraction of sp³-hybridized carbons (Fsp3) is 0.471. The van der Waals surface area contributed by atoms with Gasteiger partial charge >= 0.3 is 5.97 Å². The second kappa shape index (κ2) is 9.18. The van der Waals surface area contributed by atoms with E-state index in [1.807, 2.05) is 18.2 Å². The Balaban J connectivity index is 2.54. The molecule has 0 aliphatic rings. The molecular weight excluding hydrogens is 250 g/mol. The van der Waals surface area contributed by atoms with Crippen LogP contribution in [0.4, 0.5) is 5.69 Å². The molecule has 1 rings (SSSR count). The summed E-state index contributed by atoms with van der Waals surface area (Å²) in [5.74, 6) is -0.924. The zero-order valence-electron chi connectivity index (χ0n) is 12.3. The number of anilines is 1. The van der Waals surface area contributed by atoms with E-state index in [4.69, 9.17) is 10.8 Å². The van der Waals surface area contributed by atoms with Gasteiger partial charge in [-0.1, -0.05) is 45.1 Å². The zero-order valence-corrected chi connectivity index (χ0v) is 12.3. The highest BCUT2D eigenvalue weighted by molar-refractivity contribution is 5.85. The van der Waals surface area contributed by atoms with Crippen molar-refractivity contribution in [3.63, 3.8) is 0 Å². The van der Waals surface area contributed by atoms with Crippen LogP contribution in [0.25, 0.3) is 6.08 Å². The molecule has 0 saturated carbocycles. The van der Waals surface area contributed by atoms with Gasteiger partial charge in [0.1, 0.15) is 0 Å². The van der Waals surface area contributed by atoms with Crippen LogP contribution in [0.15, 0.2) is 24.3 Å². The van der Waals surface area contributed by atoms with Crippen molar-refractivity contribution < 1.29 is 9.90 Å². The third kappa shape index (κ3) is 6.41. The van der Waals surface area contributed by atoms with Crippen LogP contribution in [0.5, 0.6) is 0 Å². The van der Waals surface area contributed by atoms with Crippen molar-refractivity contribution in [3.05, 3.63) is 35.4 Å². The molecule has 0 aliphatic heterocycles. The zero-order chi connectivity index (χ0) is 14.8. The summed E-state index contributed by atoms with van der Waals surface area (Å²) < 4.78 is 0.